The standard InChI is InChI=1S/C24H26ClN5O3/c1-16-12-20(28-24(27-16)29-8-10-32-11-9-29)23(31)30-7-3-6-21(30)22-26-15-19(33-22)14-17-4-2-5-18(25)13-17/h2,4-5,12-13,15,21H,3,6-11,14H2,1H3/t21-/m0/s1. The number of carbonyl (C=O) groups excluding carboxylic acids is 1. The summed E-state index contributed by atoms with van der Waals surface area (Å²) in [5.41, 5.74) is 2.23. The summed E-state index contributed by atoms with van der Waals surface area (Å²) in [6.45, 7) is 5.24. The van der Waals surface area contributed by atoms with Crippen molar-refractivity contribution >= 4 is 23.5 Å². The molecular formula is C24H26ClN5O3. The van der Waals surface area contributed by atoms with Gasteiger partial charge in [0.05, 0.1) is 19.4 Å². The minimum absolute atomic E-state index is 0.118. The molecule has 2 fully saturated rings. The van der Waals surface area contributed by atoms with Crippen molar-refractivity contribution in [3.63, 3.8) is 0 Å². The van der Waals surface area contributed by atoms with Crippen LogP contribution >= 0.6 is 11.6 Å². The van der Waals surface area contributed by atoms with Gasteiger partial charge in [0.25, 0.3) is 5.91 Å². The van der Waals surface area contributed by atoms with Gasteiger partial charge in [0, 0.05) is 36.8 Å². The van der Waals surface area contributed by atoms with E-state index in [9.17, 15) is 4.79 Å². The van der Waals surface area contributed by atoms with Gasteiger partial charge in [-0.05, 0) is 43.5 Å². The smallest absolute Gasteiger partial charge is 0.273 e. The van der Waals surface area contributed by atoms with E-state index in [2.05, 4.69) is 19.9 Å². The molecule has 0 radical (unpaired) electrons. The molecule has 33 heavy (non-hydrogen) atoms. The van der Waals surface area contributed by atoms with Crippen molar-refractivity contribution < 1.29 is 13.9 Å². The molecule has 0 bridgehead atoms. The summed E-state index contributed by atoms with van der Waals surface area (Å²) < 4.78 is 11.5. The topological polar surface area (TPSA) is 84.6 Å². The van der Waals surface area contributed by atoms with Crippen LogP contribution in [0.15, 0.2) is 40.9 Å². The number of carbonyl (C=O) groups is 1. The number of benzene rings is 1. The summed E-state index contributed by atoms with van der Waals surface area (Å²) in [4.78, 5) is 31.0. The van der Waals surface area contributed by atoms with Gasteiger partial charge < -0.3 is 19.0 Å². The van der Waals surface area contributed by atoms with Crippen molar-refractivity contribution in [2.24, 2.45) is 0 Å². The zero-order chi connectivity index (χ0) is 22.8. The highest BCUT2D eigenvalue weighted by Gasteiger charge is 2.35. The highest BCUT2D eigenvalue weighted by Crippen LogP contribution is 2.33. The summed E-state index contributed by atoms with van der Waals surface area (Å²) in [6, 6.07) is 9.23. The van der Waals surface area contributed by atoms with E-state index >= 15 is 0 Å². The molecule has 8 nitrogen and oxygen atoms in total. The number of hydrogen-bond donors (Lipinski definition) is 0. The average molecular weight is 468 g/mol. The van der Waals surface area contributed by atoms with Crippen LogP contribution in [-0.2, 0) is 11.2 Å². The van der Waals surface area contributed by atoms with Crippen molar-refractivity contribution in [2.75, 3.05) is 37.7 Å². The third-order valence-electron chi connectivity index (χ3n) is 5.99. The van der Waals surface area contributed by atoms with Crippen molar-refractivity contribution in [1.82, 2.24) is 19.9 Å². The Labute approximate surface area is 197 Å². The van der Waals surface area contributed by atoms with Crippen LogP contribution in [0.2, 0.25) is 5.02 Å². The number of oxazole rings is 1. The lowest BCUT2D eigenvalue weighted by Crippen LogP contribution is -2.38. The van der Waals surface area contributed by atoms with E-state index in [-0.39, 0.29) is 11.9 Å². The van der Waals surface area contributed by atoms with E-state index in [0.29, 0.717) is 48.7 Å². The number of ether oxygens (including phenoxy) is 1. The molecule has 2 saturated heterocycles. The Morgan fingerprint density at radius 1 is 1.18 bits per heavy atom. The maximum absolute atomic E-state index is 13.5. The minimum atomic E-state index is -0.201. The maximum atomic E-state index is 13.5. The van der Waals surface area contributed by atoms with Gasteiger partial charge in [0.1, 0.15) is 17.5 Å². The zero-order valence-corrected chi connectivity index (χ0v) is 19.3. The molecule has 1 aromatic carbocycles. The number of amides is 1. The fourth-order valence-electron chi connectivity index (χ4n) is 4.39. The highest BCUT2D eigenvalue weighted by atomic mass is 35.5. The molecule has 1 amide bonds. The van der Waals surface area contributed by atoms with Crippen LogP contribution in [0.5, 0.6) is 0 Å². The number of morpholine rings is 1. The van der Waals surface area contributed by atoms with E-state index in [1.165, 1.54) is 0 Å². The predicted molar refractivity (Wildman–Crippen MR) is 124 cm³/mol. The zero-order valence-electron chi connectivity index (χ0n) is 18.5. The first kappa shape index (κ1) is 21.9. The number of rotatable bonds is 5. The normalized spacial score (nSPS) is 18.7. The second-order valence-corrected chi connectivity index (χ2v) is 8.86. The Balaban J connectivity index is 1.34. The van der Waals surface area contributed by atoms with Gasteiger partial charge in [-0.3, -0.25) is 4.79 Å². The quantitative estimate of drug-likeness (QED) is 0.563. The van der Waals surface area contributed by atoms with Crippen molar-refractivity contribution in [3.05, 3.63) is 70.2 Å². The second-order valence-electron chi connectivity index (χ2n) is 8.42. The molecule has 1 atom stereocenters. The SMILES string of the molecule is Cc1cc(C(=O)N2CCC[C@H]2c2ncc(Cc3cccc(Cl)c3)o2)nc(N2CCOCC2)n1. The van der Waals surface area contributed by atoms with Crippen molar-refractivity contribution in [3.8, 4) is 0 Å². The molecule has 2 aliphatic heterocycles. The van der Waals surface area contributed by atoms with Gasteiger partial charge in [-0.1, -0.05) is 23.7 Å². The third kappa shape index (κ3) is 4.86. The third-order valence-corrected chi connectivity index (χ3v) is 6.23. The molecule has 5 rings (SSSR count). The summed E-state index contributed by atoms with van der Waals surface area (Å²) in [5.74, 6) is 1.78. The number of halogens is 1. The minimum Gasteiger partial charge on any atom is -0.443 e. The number of aromatic nitrogens is 3. The Hall–Kier alpha value is -2.97. The number of nitrogens with zero attached hydrogens (tertiary/aromatic N) is 5. The molecule has 0 N–H and O–H groups in total. The lowest BCUT2D eigenvalue weighted by Gasteiger charge is -2.27. The first-order valence-electron chi connectivity index (χ1n) is 11.3. The fraction of sp³-hybridized carbons (Fsp3) is 0.417. The number of anilines is 1. The molecule has 0 aliphatic carbocycles. The lowest BCUT2D eigenvalue weighted by molar-refractivity contribution is 0.0708. The molecule has 4 heterocycles. The Morgan fingerprint density at radius 2 is 2.03 bits per heavy atom. The molecule has 172 valence electrons. The lowest BCUT2D eigenvalue weighted by atomic mass is 10.1. The fourth-order valence-corrected chi connectivity index (χ4v) is 4.60. The van der Waals surface area contributed by atoms with Crippen LogP contribution in [-0.4, -0.2) is 58.6 Å². The molecule has 2 aliphatic rings. The molecular weight excluding hydrogens is 442 g/mol. The van der Waals surface area contributed by atoms with Crippen molar-refractivity contribution in [1.29, 1.82) is 0 Å². The van der Waals surface area contributed by atoms with Gasteiger partial charge in [-0.25, -0.2) is 15.0 Å². The first-order chi connectivity index (χ1) is 16.1. The van der Waals surface area contributed by atoms with E-state index < -0.39 is 0 Å². The first-order valence-corrected chi connectivity index (χ1v) is 11.6. The number of likely N-dealkylation sites (tertiary alicyclic amines) is 1. The molecule has 9 heteroatoms. The molecule has 0 saturated carbocycles. The Kier molecular flexibility index (Phi) is 6.28. The van der Waals surface area contributed by atoms with Gasteiger partial charge in [-0.15, -0.1) is 0 Å². The molecule has 0 unspecified atom stereocenters. The summed E-state index contributed by atoms with van der Waals surface area (Å²) in [7, 11) is 0. The maximum Gasteiger partial charge on any atom is 0.273 e. The van der Waals surface area contributed by atoms with Crippen LogP contribution in [0.3, 0.4) is 0 Å². The van der Waals surface area contributed by atoms with E-state index in [1.54, 1.807) is 12.3 Å². The van der Waals surface area contributed by atoms with E-state index in [0.717, 1.165) is 42.9 Å². The number of aryl methyl sites for hydroxylation is 1. The van der Waals surface area contributed by atoms with Gasteiger partial charge in [-0.2, -0.15) is 0 Å². The van der Waals surface area contributed by atoms with Gasteiger partial charge >= 0.3 is 0 Å². The summed E-state index contributed by atoms with van der Waals surface area (Å²) in [5, 5.41) is 0.691. The van der Waals surface area contributed by atoms with Crippen LogP contribution in [0, 0.1) is 6.92 Å². The summed E-state index contributed by atoms with van der Waals surface area (Å²) in [6.07, 6.45) is 4.04. The predicted octanol–water partition coefficient (Wildman–Crippen LogP) is 3.83. The molecule has 0 spiro atoms. The van der Waals surface area contributed by atoms with Crippen LogP contribution < -0.4 is 4.90 Å². The van der Waals surface area contributed by atoms with Crippen LogP contribution in [0.4, 0.5) is 5.95 Å². The van der Waals surface area contributed by atoms with Crippen LogP contribution in [0.1, 0.15) is 52.3 Å². The summed E-state index contributed by atoms with van der Waals surface area (Å²) >= 11 is 6.09. The monoisotopic (exact) mass is 467 g/mol. The largest absolute Gasteiger partial charge is 0.443 e. The second kappa shape index (κ2) is 9.49. The van der Waals surface area contributed by atoms with E-state index in [1.807, 2.05) is 36.1 Å². The Bertz CT molecular complexity index is 1140. The van der Waals surface area contributed by atoms with Gasteiger partial charge in [0.2, 0.25) is 11.8 Å². The highest BCUT2D eigenvalue weighted by molar-refractivity contribution is 6.30. The van der Waals surface area contributed by atoms with Crippen molar-refractivity contribution in [2.45, 2.75) is 32.2 Å². The van der Waals surface area contributed by atoms with E-state index in [4.69, 9.17) is 20.8 Å². The van der Waals surface area contributed by atoms with Gasteiger partial charge in [0.15, 0.2) is 0 Å². The number of hydrogen-bond acceptors (Lipinski definition) is 7. The average Bonchev–Trinajstić information content (AvgIpc) is 3.48. The Morgan fingerprint density at radius 3 is 2.85 bits per heavy atom. The molecule has 2 aromatic heterocycles. The van der Waals surface area contributed by atoms with Crippen LogP contribution in [0.25, 0.3) is 0 Å². The molecule has 3 aromatic rings.